The predicted octanol–water partition coefficient (Wildman–Crippen LogP) is 3.17. The maximum absolute atomic E-state index is 12.4. The predicted molar refractivity (Wildman–Crippen MR) is 93.4 cm³/mol. The van der Waals surface area contributed by atoms with Crippen molar-refractivity contribution in [3.63, 3.8) is 0 Å². The molecule has 0 radical (unpaired) electrons. The summed E-state index contributed by atoms with van der Waals surface area (Å²) in [5.41, 5.74) is 3.19. The second-order valence-corrected chi connectivity index (χ2v) is 6.31. The van der Waals surface area contributed by atoms with Gasteiger partial charge in [-0.15, -0.1) is 0 Å². The maximum atomic E-state index is 12.4. The highest BCUT2D eigenvalue weighted by atomic mass is 16.5. The Kier molecular flexibility index (Phi) is 5.20. The number of morpholine rings is 1. The molecule has 2 heterocycles. The van der Waals surface area contributed by atoms with E-state index in [0.29, 0.717) is 12.3 Å². The molecule has 1 N–H and O–H groups in total. The minimum atomic E-state index is -0.166. The molecular weight excluding hydrogens is 304 g/mol. The van der Waals surface area contributed by atoms with Crippen LogP contribution in [0.15, 0.2) is 41.0 Å². The lowest BCUT2D eigenvalue weighted by Gasteiger charge is -2.29. The van der Waals surface area contributed by atoms with Gasteiger partial charge in [0, 0.05) is 30.9 Å². The first kappa shape index (κ1) is 16.6. The van der Waals surface area contributed by atoms with Crippen molar-refractivity contribution < 1.29 is 13.9 Å². The molecule has 1 saturated heterocycles. The zero-order valence-corrected chi connectivity index (χ0v) is 14.2. The number of rotatable bonds is 5. The number of hydrogen-bond donors (Lipinski definition) is 1. The van der Waals surface area contributed by atoms with Gasteiger partial charge in [-0.3, -0.25) is 4.79 Å². The number of anilines is 1. The van der Waals surface area contributed by atoms with Gasteiger partial charge >= 0.3 is 0 Å². The third-order valence-corrected chi connectivity index (χ3v) is 4.26. The summed E-state index contributed by atoms with van der Waals surface area (Å²) >= 11 is 0. The average Bonchev–Trinajstić information content (AvgIpc) is 3.11. The second kappa shape index (κ2) is 7.53. The Labute approximate surface area is 142 Å². The van der Waals surface area contributed by atoms with Crippen molar-refractivity contribution in [3.05, 3.63) is 53.5 Å². The van der Waals surface area contributed by atoms with Crippen LogP contribution in [0.5, 0.6) is 0 Å². The van der Waals surface area contributed by atoms with Crippen molar-refractivity contribution in [3.8, 4) is 0 Å². The molecule has 5 heteroatoms. The van der Waals surface area contributed by atoms with Crippen molar-refractivity contribution >= 4 is 11.6 Å². The lowest BCUT2D eigenvalue weighted by atomic mass is 10.0. The van der Waals surface area contributed by atoms with Gasteiger partial charge < -0.3 is 19.4 Å². The van der Waals surface area contributed by atoms with E-state index in [2.05, 4.69) is 22.3 Å². The van der Waals surface area contributed by atoms with Gasteiger partial charge in [-0.25, -0.2) is 0 Å². The van der Waals surface area contributed by atoms with Crippen molar-refractivity contribution in [2.45, 2.75) is 26.3 Å². The summed E-state index contributed by atoms with van der Waals surface area (Å²) in [5, 5.41) is 2.95. The number of benzene rings is 1. The highest BCUT2D eigenvalue weighted by Crippen LogP contribution is 2.21. The van der Waals surface area contributed by atoms with Gasteiger partial charge in [0.2, 0.25) is 0 Å². The SMILES string of the molecule is CC(C)c1ccoc1C(=O)NCc1cccc(N2CCOCC2)c1. The Morgan fingerprint density at radius 2 is 2.04 bits per heavy atom. The molecule has 3 rings (SSSR count). The van der Waals surface area contributed by atoms with Crippen LogP contribution in [-0.4, -0.2) is 32.2 Å². The number of furan rings is 1. The number of ether oxygens (including phenoxy) is 1. The normalized spacial score (nSPS) is 14.9. The summed E-state index contributed by atoms with van der Waals surface area (Å²) in [6, 6.07) is 10.1. The molecule has 1 aromatic heterocycles. The molecule has 0 unspecified atom stereocenters. The fraction of sp³-hybridized carbons (Fsp3) is 0.421. The van der Waals surface area contributed by atoms with Crippen LogP contribution in [0.3, 0.4) is 0 Å². The monoisotopic (exact) mass is 328 g/mol. The van der Waals surface area contributed by atoms with Gasteiger partial charge in [-0.1, -0.05) is 26.0 Å². The van der Waals surface area contributed by atoms with E-state index in [4.69, 9.17) is 9.15 Å². The van der Waals surface area contributed by atoms with Gasteiger partial charge in [0.25, 0.3) is 5.91 Å². The molecule has 1 fully saturated rings. The van der Waals surface area contributed by atoms with E-state index in [-0.39, 0.29) is 11.8 Å². The van der Waals surface area contributed by atoms with Gasteiger partial charge in [0.05, 0.1) is 19.5 Å². The second-order valence-electron chi connectivity index (χ2n) is 6.31. The molecular formula is C19H24N2O3. The Morgan fingerprint density at radius 1 is 1.25 bits per heavy atom. The number of carbonyl (C=O) groups excluding carboxylic acids is 1. The summed E-state index contributed by atoms with van der Waals surface area (Å²) in [7, 11) is 0. The maximum Gasteiger partial charge on any atom is 0.287 e. The van der Waals surface area contributed by atoms with Gasteiger partial charge in [-0.2, -0.15) is 0 Å². The molecule has 0 atom stereocenters. The van der Waals surface area contributed by atoms with Crippen LogP contribution < -0.4 is 10.2 Å². The number of nitrogens with one attached hydrogen (secondary N) is 1. The van der Waals surface area contributed by atoms with Crippen LogP contribution in [0.4, 0.5) is 5.69 Å². The summed E-state index contributed by atoms with van der Waals surface area (Å²) in [6.07, 6.45) is 1.57. The zero-order valence-electron chi connectivity index (χ0n) is 14.2. The quantitative estimate of drug-likeness (QED) is 0.916. The molecule has 5 nitrogen and oxygen atoms in total. The zero-order chi connectivity index (χ0) is 16.9. The summed E-state index contributed by atoms with van der Waals surface area (Å²) in [5.74, 6) is 0.504. The van der Waals surface area contributed by atoms with Gasteiger partial charge in [0.1, 0.15) is 0 Å². The lowest BCUT2D eigenvalue weighted by molar-refractivity contribution is 0.0921. The molecule has 1 aliphatic rings. The minimum Gasteiger partial charge on any atom is -0.459 e. The highest BCUT2D eigenvalue weighted by Gasteiger charge is 2.17. The fourth-order valence-electron chi connectivity index (χ4n) is 2.91. The molecule has 0 bridgehead atoms. The Bertz CT molecular complexity index is 687. The van der Waals surface area contributed by atoms with Crippen LogP contribution in [-0.2, 0) is 11.3 Å². The number of hydrogen-bond acceptors (Lipinski definition) is 4. The average molecular weight is 328 g/mol. The molecule has 24 heavy (non-hydrogen) atoms. The van der Waals surface area contributed by atoms with Crippen LogP contribution in [0.2, 0.25) is 0 Å². The molecule has 2 aromatic rings. The Morgan fingerprint density at radius 3 is 2.79 bits per heavy atom. The van der Waals surface area contributed by atoms with Crippen LogP contribution in [0.1, 0.15) is 41.4 Å². The number of nitrogens with zero attached hydrogens (tertiary/aromatic N) is 1. The van der Waals surface area contributed by atoms with Crippen LogP contribution in [0, 0.1) is 0 Å². The molecule has 1 amide bonds. The number of carbonyl (C=O) groups is 1. The molecule has 1 aliphatic heterocycles. The first-order valence-electron chi connectivity index (χ1n) is 8.42. The van der Waals surface area contributed by atoms with E-state index in [9.17, 15) is 4.79 Å². The minimum absolute atomic E-state index is 0.166. The van der Waals surface area contributed by atoms with Gasteiger partial charge in [-0.05, 0) is 29.7 Å². The summed E-state index contributed by atoms with van der Waals surface area (Å²) in [6.45, 7) is 7.91. The molecule has 1 aromatic carbocycles. The van der Waals surface area contributed by atoms with E-state index in [0.717, 1.165) is 37.4 Å². The van der Waals surface area contributed by atoms with Crippen molar-refractivity contribution in [2.75, 3.05) is 31.2 Å². The molecule has 0 aliphatic carbocycles. The van der Waals surface area contributed by atoms with Crippen molar-refractivity contribution in [1.82, 2.24) is 5.32 Å². The Hall–Kier alpha value is -2.27. The van der Waals surface area contributed by atoms with Crippen LogP contribution >= 0.6 is 0 Å². The largest absolute Gasteiger partial charge is 0.459 e. The first-order valence-corrected chi connectivity index (χ1v) is 8.42. The molecule has 0 spiro atoms. The smallest absolute Gasteiger partial charge is 0.287 e. The molecule has 128 valence electrons. The van der Waals surface area contributed by atoms with E-state index in [1.807, 2.05) is 32.0 Å². The van der Waals surface area contributed by atoms with Crippen molar-refractivity contribution in [2.24, 2.45) is 0 Å². The summed E-state index contributed by atoms with van der Waals surface area (Å²) < 4.78 is 10.8. The standard InChI is InChI=1S/C19H24N2O3/c1-14(2)17-6-9-24-18(17)19(22)20-13-15-4-3-5-16(12-15)21-7-10-23-11-8-21/h3-6,9,12,14H,7-8,10-11,13H2,1-2H3,(H,20,22). The third-order valence-electron chi connectivity index (χ3n) is 4.26. The fourth-order valence-corrected chi connectivity index (χ4v) is 2.91. The van der Waals surface area contributed by atoms with Crippen LogP contribution in [0.25, 0.3) is 0 Å². The van der Waals surface area contributed by atoms with E-state index in [1.54, 1.807) is 6.26 Å². The Balaban J connectivity index is 1.64. The molecule has 0 saturated carbocycles. The lowest BCUT2D eigenvalue weighted by Crippen LogP contribution is -2.36. The van der Waals surface area contributed by atoms with Gasteiger partial charge in [0.15, 0.2) is 5.76 Å². The van der Waals surface area contributed by atoms with E-state index >= 15 is 0 Å². The topological polar surface area (TPSA) is 54.7 Å². The summed E-state index contributed by atoms with van der Waals surface area (Å²) in [4.78, 5) is 14.7. The van der Waals surface area contributed by atoms with E-state index in [1.165, 1.54) is 5.69 Å². The van der Waals surface area contributed by atoms with E-state index < -0.39 is 0 Å². The van der Waals surface area contributed by atoms with Crippen molar-refractivity contribution in [1.29, 1.82) is 0 Å². The highest BCUT2D eigenvalue weighted by molar-refractivity contribution is 5.93. The third kappa shape index (κ3) is 3.79. The number of amides is 1. The first-order chi connectivity index (χ1) is 11.6.